The fraction of sp³-hybridized carbons (Fsp3) is 0.533. The number of carbonyl (C=O) groups excluding carboxylic acids is 2. The molecular formula is C30H39N5O4. The summed E-state index contributed by atoms with van der Waals surface area (Å²) >= 11 is 0. The molecule has 0 spiro atoms. The standard InChI is InChI=1S/C30H39N5O4/c36-29(23-11-13-26(14-12-23)35(38)39)31-24-15-17-33(18-16-24)28-10-6-5-9-27(28)30(37)34-21-19-32(20-22-34)25-7-3-1-2-4-8-25/h5-6,9-14,24-25H,1-4,7-8,15-22H2,(H,31,36). The van der Waals surface area contributed by atoms with Crippen LogP contribution in [0.2, 0.25) is 0 Å². The Labute approximate surface area is 230 Å². The van der Waals surface area contributed by atoms with E-state index in [0.29, 0.717) is 11.6 Å². The predicted octanol–water partition coefficient (Wildman–Crippen LogP) is 4.47. The van der Waals surface area contributed by atoms with E-state index in [2.05, 4.69) is 15.1 Å². The summed E-state index contributed by atoms with van der Waals surface area (Å²) in [7, 11) is 0. The molecular weight excluding hydrogens is 494 g/mol. The number of piperazine rings is 1. The number of benzene rings is 2. The molecule has 1 N–H and O–H groups in total. The van der Waals surface area contributed by atoms with Crippen molar-refractivity contribution in [2.45, 2.75) is 63.5 Å². The minimum atomic E-state index is -0.474. The predicted molar refractivity (Wildman–Crippen MR) is 151 cm³/mol. The lowest BCUT2D eigenvalue weighted by molar-refractivity contribution is -0.384. The summed E-state index contributed by atoms with van der Waals surface area (Å²) in [6.45, 7) is 4.95. The van der Waals surface area contributed by atoms with Crippen molar-refractivity contribution in [1.29, 1.82) is 0 Å². The maximum atomic E-state index is 13.6. The maximum absolute atomic E-state index is 13.6. The highest BCUT2D eigenvalue weighted by Crippen LogP contribution is 2.27. The number of piperidine rings is 1. The van der Waals surface area contributed by atoms with Crippen LogP contribution >= 0.6 is 0 Å². The number of para-hydroxylation sites is 1. The fourth-order valence-corrected chi connectivity index (χ4v) is 6.28. The van der Waals surface area contributed by atoms with Crippen LogP contribution in [0.3, 0.4) is 0 Å². The minimum Gasteiger partial charge on any atom is -0.371 e. The highest BCUT2D eigenvalue weighted by atomic mass is 16.6. The van der Waals surface area contributed by atoms with Gasteiger partial charge in [-0.25, -0.2) is 0 Å². The van der Waals surface area contributed by atoms with Crippen molar-refractivity contribution in [3.8, 4) is 0 Å². The molecule has 208 valence electrons. The summed E-state index contributed by atoms with van der Waals surface area (Å²) < 4.78 is 0. The first-order chi connectivity index (χ1) is 19.0. The lowest BCUT2D eigenvalue weighted by Gasteiger charge is -2.40. The zero-order valence-electron chi connectivity index (χ0n) is 22.6. The molecule has 2 aromatic rings. The largest absolute Gasteiger partial charge is 0.371 e. The third-order valence-corrected chi connectivity index (χ3v) is 8.59. The number of amides is 2. The number of carbonyl (C=O) groups is 2. The van der Waals surface area contributed by atoms with Gasteiger partial charge < -0.3 is 15.1 Å². The average Bonchev–Trinajstić information content (AvgIpc) is 3.27. The van der Waals surface area contributed by atoms with Crippen molar-refractivity contribution >= 4 is 23.2 Å². The van der Waals surface area contributed by atoms with Crippen LogP contribution in [0.25, 0.3) is 0 Å². The van der Waals surface area contributed by atoms with Crippen molar-refractivity contribution < 1.29 is 14.5 Å². The van der Waals surface area contributed by atoms with Crippen molar-refractivity contribution in [2.24, 2.45) is 0 Å². The van der Waals surface area contributed by atoms with E-state index in [1.807, 2.05) is 29.2 Å². The van der Waals surface area contributed by atoms with E-state index in [9.17, 15) is 19.7 Å². The Morgan fingerprint density at radius 2 is 1.44 bits per heavy atom. The SMILES string of the molecule is O=C(NC1CCN(c2ccccc2C(=O)N2CCN(C3CCCCCC3)CC2)CC1)c1ccc([N+](=O)[O-])cc1. The molecule has 9 nitrogen and oxygen atoms in total. The summed E-state index contributed by atoms with van der Waals surface area (Å²) in [5, 5.41) is 13.9. The highest BCUT2D eigenvalue weighted by molar-refractivity contribution is 6.00. The van der Waals surface area contributed by atoms with Crippen LogP contribution in [0.15, 0.2) is 48.5 Å². The number of hydrogen-bond donors (Lipinski definition) is 1. The van der Waals surface area contributed by atoms with Crippen LogP contribution in [-0.2, 0) is 0 Å². The Kier molecular flexibility index (Phi) is 8.76. The van der Waals surface area contributed by atoms with Crippen LogP contribution < -0.4 is 10.2 Å². The van der Waals surface area contributed by atoms with Gasteiger partial charge in [0.05, 0.1) is 10.5 Å². The van der Waals surface area contributed by atoms with Gasteiger partial charge in [0, 0.05) is 74.7 Å². The van der Waals surface area contributed by atoms with Gasteiger partial charge in [-0.15, -0.1) is 0 Å². The Hall–Kier alpha value is -3.46. The van der Waals surface area contributed by atoms with E-state index in [-0.39, 0.29) is 23.5 Å². The quantitative estimate of drug-likeness (QED) is 0.334. The van der Waals surface area contributed by atoms with Crippen LogP contribution in [0, 0.1) is 10.1 Å². The van der Waals surface area contributed by atoms with E-state index < -0.39 is 4.92 Å². The molecule has 0 aromatic heterocycles. The van der Waals surface area contributed by atoms with E-state index in [1.54, 1.807) is 0 Å². The topological polar surface area (TPSA) is 99.0 Å². The summed E-state index contributed by atoms with van der Waals surface area (Å²) in [6, 6.07) is 14.3. The highest BCUT2D eigenvalue weighted by Gasteiger charge is 2.30. The number of nitrogens with zero attached hydrogens (tertiary/aromatic N) is 4. The number of non-ortho nitro benzene ring substituents is 1. The number of nitro benzene ring substituents is 1. The van der Waals surface area contributed by atoms with Gasteiger partial charge in [-0.3, -0.25) is 24.6 Å². The first kappa shape index (κ1) is 27.1. The van der Waals surface area contributed by atoms with Crippen molar-refractivity contribution in [2.75, 3.05) is 44.2 Å². The first-order valence-corrected chi connectivity index (χ1v) is 14.4. The molecule has 3 fully saturated rings. The summed E-state index contributed by atoms with van der Waals surface area (Å²) in [5.41, 5.74) is 2.11. The molecule has 9 heteroatoms. The lowest BCUT2D eigenvalue weighted by atomic mass is 10.0. The van der Waals surface area contributed by atoms with E-state index in [1.165, 1.54) is 62.8 Å². The normalized spacial score (nSPS) is 19.9. The third kappa shape index (κ3) is 6.58. The number of nitro groups is 1. The summed E-state index contributed by atoms with van der Waals surface area (Å²) in [6.07, 6.45) is 9.48. The molecule has 5 rings (SSSR count). The Bertz CT molecular complexity index is 1150. The second kappa shape index (κ2) is 12.6. The molecule has 0 unspecified atom stereocenters. The average molecular weight is 534 g/mol. The summed E-state index contributed by atoms with van der Waals surface area (Å²) in [4.78, 5) is 43.5. The van der Waals surface area contributed by atoms with Gasteiger partial charge in [0.1, 0.15) is 0 Å². The van der Waals surface area contributed by atoms with Crippen LogP contribution in [0.5, 0.6) is 0 Å². The lowest BCUT2D eigenvalue weighted by Crippen LogP contribution is -2.52. The second-order valence-electron chi connectivity index (χ2n) is 11.0. The van der Waals surface area contributed by atoms with Crippen LogP contribution in [-0.4, -0.2) is 77.9 Å². The first-order valence-electron chi connectivity index (χ1n) is 14.4. The monoisotopic (exact) mass is 533 g/mol. The molecule has 2 saturated heterocycles. The molecule has 0 bridgehead atoms. The molecule has 39 heavy (non-hydrogen) atoms. The molecule has 1 aliphatic carbocycles. The van der Waals surface area contributed by atoms with Gasteiger partial charge in [0.2, 0.25) is 0 Å². The zero-order valence-corrected chi connectivity index (χ0v) is 22.6. The smallest absolute Gasteiger partial charge is 0.269 e. The molecule has 3 aliphatic rings. The Balaban J connectivity index is 1.15. The van der Waals surface area contributed by atoms with Gasteiger partial charge in [-0.05, 0) is 49.9 Å². The Morgan fingerprint density at radius 3 is 2.08 bits per heavy atom. The molecule has 0 atom stereocenters. The van der Waals surface area contributed by atoms with Gasteiger partial charge in [0.15, 0.2) is 0 Å². The van der Waals surface area contributed by atoms with E-state index in [4.69, 9.17) is 0 Å². The summed E-state index contributed by atoms with van der Waals surface area (Å²) in [5.74, 6) is -0.110. The van der Waals surface area contributed by atoms with E-state index in [0.717, 1.165) is 63.4 Å². The van der Waals surface area contributed by atoms with E-state index >= 15 is 0 Å². The number of rotatable bonds is 6. The fourth-order valence-electron chi connectivity index (χ4n) is 6.28. The Morgan fingerprint density at radius 1 is 0.795 bits per heavy atom. The molecule has 2 amide bonds. The molecule has 2 heterocycles. The molecule has 2 aliphatic heterocycles. The zero-order chi connectivity index (χ0) is 27.2. The van der Waals surface area contributed by atoms with Crippen LogP contribution in [0.4, 0.5) is 11.4 Å². The van der Waals surface area contributed by atoms with Crippen molar-refractivity contribution in [3.05, 3.63) is 69.8 Å². The molecule has 0 radical (unpaired) electrons. The third-order valence-electron chi connectivity index (χ3n) is 8.59. The van der Waals surface area contributed by atoms with Gasteiger partial charge >= 0.3 is 0 Å². The number of anilines is 1. The second-order valence-corrected chi connectivity index (χ2v) is 11.0. The van der Waals surface area contributed by atoms with Crippen molar-refractivity contribution in [1.82, 2.24) is 15.1 Å². The van der Waals surface area contributed by atoms with Gasteiger partial charge in [-0.2, -0.15) is 0 Å². The minimum absolute atomic E-state index is 0.0175. The number of nitrogens with one attached hydrogen (secondary N) is 1. The van der Waals surface area contributed by atoms with Crippen LogP contribution in [0.1, 0.15) is 72.1 Å². The van der Waals surface area contributed by atoms with Crippen molar-refractivity contribution in [3.63, 3.8) is 0 Å². The molecule has 1 saturated carbocycles. The molecule has 2 aromatic carbocycles. The van der Waals surface area contributed by atoms with Gasteiger partial charge in [-0.1, -0.05) is 37.8 Å². The number of hydrogen-bond acceptors (Lipinski definition) is 6. The van der Waals surface area contributed by atoms with Gasteiger partial charge in [0.25, 0.3) is 17.5 Å². The maximum Gasteiger partial charge on any atom is 0.269 e.